The maximum atomic E-state index is 12.8. The van der Waals surface area contributed by atoms with Gasteiger partial charge in [-0.05, 0) is 24.3 Å². The summed E-state index contributed by atoms with van der Waals surface area (Å²) in [5.41, 5.74) is 1.40. The molecule has 0 aliphatic rings. The summed E-state index contributed by atoms with van der Waals surface area (Å²) in [6.07, 6.45) is 5.94. The number of fused-ring (bicyclic) bond motifs is 1. The highest BCUT2D eigenvalue weighted by Crippen LogP contribution is 2.37. The molecule has 148 valence electrons. The summed E-state index contributed by atoms with van der Waals surface area (Å²) in [6, 6.07) is 6.02. The van der Waals surface area contributed by atoms with Gasteiger partial charge in [-0.3, -0.25) is 9.89 Å². The van der Waals surface area contributed by atoms with Crippen molar-refractivity contribution in [2.24, 2.45) is 0 Å². The normalized spacial score (nSPS) is 11.0. The number of benzene rings is 1. The molecule has 0 radical (unpaired) electrons. The van der Waals surface area contributed by atoms with Gasteiger partial charge in [-0.25, -0.2) is 9.50 Å². The summed E-state index contributed by atoms with van der Waals surface area (Å²) in [5, 5.41) is 13.4. The van der Waals surface area contributed by atoms with E-state index < -0.39 is 12.5 Å². The van der Waals surface area contributed by atoms with Crippen LogP contribution in [0.2, 0.25) is 0 Å². The van der Waals surface area contributed by atoms with Crippen molar-refractivity contribution in [1.82, 2.24) is 24.8 Å². The van der Waals surface area contributed by atoms with E-state index in [0.29, 0.717) is 11.4 Å². The molecule has 0 bridgehead atoms. The lowest BCUT2D eigenvalue weighted by molar-refractivity contribution is -0.0494. The Morgan fingerprint density at radius 1 is 1.31 bits per heavy atom. The third-order valence-corrected chi connectivity index (χ3v) is 4.08. The first kappa shape index (κ1) is 18.3. The molecule has 0 fully saturated rings. The molecule has 3 aromatic heterocycles. The number of hydrogen-bond donors (Lipinski definition) is 2. The predicted octanol–water partition coefficient (Wildman–Crippen LogP) is 2.98. The number of H-pyrrole nitrogens is 1. The molecule has 4 rings (SSSR count). The number of halogens is 2. The first-order valence-corrected chi connectivity index (χ1v) is 8.33. The second kappa shape index (κ2) is 7.54. The molecule has 0 aliphatic carbocycles. The molecule has 1 aromatic carbocycles. The van der Waals surface area contributed by atoms with Gasteiger partial charge in [0.05, 0.1) is 30.9 Å². The van der Waals surface area contributed by atoms with E-state index in [1.807, 2.05) is 0 Å². The molecule has 4 aromatic rings. The quantitative estimate of drug-likeness (QED) is 0.515. The largest absolute Gasteiger partial charge is 0.497 e. The van der Waals surface area contributed by atoms with Crippen LogP contribution in [0, 0.1) is 0 Å². The summed E-state index contributed by atoms with van der Waals surface area (Å²) >= 11 is 0. The van der Waals surface area contributed by atoms with Gasteiger partial charge in [-0.1, -0.05) is 0 Å². The number of hydrogen-bond acceptors (Lipinski definition) is 6. The molecule has 2 N–H and O–H groups in total. The van der Waals surface area contributed by atoms with Crippen molar-refractivity contribution in [3.05, 3.63) is 54.6 Å². The molecule has 0 aliphatic heterocycles. The van der Waals surface area contributed by atoms with E-state index in [4.69, 9.17) is 4.74 Å². The number of rotatable bonds is 6. The lowest BCUT2D eigenvalue weighted by Gasteiger charge is -2.13. The van der Waals surface area contributed by atoms with Crippen molar-refractivity contribution in [2.75, 3.05) is 12.4 Å². The maximum Gasteiger partial charge on any atom is 0.387 e. The molecule has 0 spiro atoms. The van der Waals surface area contributed by atoms with Crippen molar-refractivity contribution < 1.29 is 23.0 Å². The summed E-state index contributed by atoms with van der Waals surface area (Å²) in [6.45, 7) is -3.02. The Kier molecular flexibility index (Phi) is 4.77. The number of methoxy groups -OCH3 is 1. The van der Waals surface area contributed by atoms with Crippen LogP contribution in [0.1, 0.15) is 10.4 Å². The Bertz CT molecular complexity index is 1170. The first-order chi connectivity index (χ1) is 14.1. The molecule has 29 heavy (non-hydrogen) atoms. The molecule has 1 amide bonds. The summed E-state index contributed by atoms with van der Waals surface area (Å²) < 4.78 is 36.8. The second-order valence-corrected chi connectivity index (χ2v) is 5.80. The zero-order chi connectivity index (χ0) is 20.4. The van der Waals surface area contributed by atoms with Crippen LogP contribution in [0.3, 0.4) is 0 Å². The van der Waals surface area contributed by atoms with Crippen LogP contribution in [0.25, 0.3) is 16.9 Å². The number of carbonyl (C=O) groups is 1. The molecule has 0 saturated carbocycles. The van der Waals surface area contributed by atoms with Gasteiger partial charge in [-0.2, -0.15) is 19.0 Å². The van der Waals surface area contributed by atoms with Crippen molar-refractivity contribution in [3.8, 4) is 22.8 Å². The van der Waals surface area contributed by atoms with Crippen LogP contribution in [0.5, 0.6) is 11.5 Å². The van der Waals surface area contributed by atoms with E-state index in [-0.39, 0.29) is 28.3 Å². The van der Waals surface area contributed by atoms with Crippen LogP contribution in [-0.4, -0.2) is 44.4 Å². The van der Waals surface area contributed by atoms with Crippen LogP contribution in [0.15, 0.2) is 49.1 Å². The van der Waals surface area contributed by atoms with E-state index in [1.165, 1.54) is 42.2 Å². The lowest BCUT2D eigenvalue weighted by Crippen LogP contribution is -2.12. The van der Waals surface area contributed by atoms with E-state index in [2.05, 4.69) is 30.3 Å². The topological polar surface area (TPSA) is 106 Å². The standard InChI is InChI=1S/C18H14F2N6O3/c1-28-10-3-4-14(29-18(19)20)11(7-10)15-13(9-22-25-15)24-17(27)12-8-23-26-6-2-5-21-16(12)26/h2-9,18H,1H3,(H,22,25)(H,24,27). The molecule has 9 nitrogen and oxygen atoms in total. The Balaban J connectivity index is 1.70. The van der Waals surface area contributed by atoms with Crippen molar-refractivity contribution in [1.29, 1.82) is 0 Å². The van der Waals surface area contributed by atoms with Gasteiger partial charge in [0.25, 0.3) is 5.91 Å². The van der Waals surface area contributed by atoms with E-state index in [0.717, 1.165) is 0 Å². The molecular weight excluding hydrogens is 386 g/mol. The molecular formula is C18H14F2N6O3. The zero-order valence-corrected chi connectivity index (χ0v) is 15.0. The van der Waals surface area contributed by atoms with Crippen LogP contribution in [0.4, 0.5) is 14.5 Å². The van der Waals surface area contributed by atoms with Crippen LogP contribution >= 0.6 is 0 Å². The Morgan fingerprint density at radius 2 is 2.17 bits per heavy atom. The van der Waals surface area contributed by atoms with E-state index >= 15 is 0 Å². The second-order valence-electron chi connectivity index (χ2n) is 5.80. The SMILES string of the molecule is COc1ccc(OC(F)F)c(-c2[nH]ncc2NC(=O)c2cnn3cccnc23)c1. The Labute approximate surface area is 162 Å². The average molecular weight is 400 g/mol. The smallest absolute Gasteiger partial charge is 0.387 e. The monoisotopic (exact) mass is 400 g/mol. The third-order valence-electron chi connectivity index (χ3n) is 4.08. The minimum atomic E-state index is -3.02. The zero-order valence-electron chi connectivity index (χ0n) is 15.0. The fourth-order valence-electron chi connectivity index (χ4n) is 2.79. The number of carbonyl (C=O) groups excluding carboxylic acids is 1. The maximum absolute atomic E-state index is 12.8. The number of nitrogens with one attached hydrogen (secondary N) is 2. The van der Waals surface area contributed by atoms with Crippen molar-refractivity contribution >= 4 is 17.2 Å². The van der Waals surface area contributed by atoms with E-state index in [1.54, 1.807) is 18.5 Å². The number of aromatic nitrogens is 5. The first-order valence-electron chi connectivity index (χ1n) is 8.33. The molecule has 11 heteroatoms. The van der Waals surface area contributed by atoms with Gasteiger partial charge in [0, 0.05) is 18.0 Å². The molecule has 0 atom stereocenters. The number of ether oxygens (including phenoxy) is 2. The van der Waals surface area contributed by atoms with Gasteiger partial charge in [0.2, 0.25) is 0 Å². The number of alkyl halides is 2. The number of nitrogens with zero attached hydrogens (tertiary/aromatic N) is 4. The van der Waals surface area contributed by atoms with Crippen LogP contribution < -0.4 is 14.8 Å². The summed E-state index contributed by atoms with van der Waals surface area (Å²) in [7, 11) is 1.45. The predicted molar refractivity (Wildman–Crippen MR) is 98.1 cm³/mol. The van der Waals surface area contributed by atoms with E-state index in [9.17, 15) is 13.6 Å². The molecule has 3 heterocycles. The number of anilines is 1. The highest BCUT2D eigenvalue weighted by molar-refractivity contribution is 6.09. The fourth-order valence-corrected chi connectivity index (χ4v) is 2.79. The van der Waals surface area contributed by atoms with Crippen LogP contribution in [-0.2, 0) is 0 Å². The Morgan fingerprint density at radius 3 is 2.97 bits per heavy atom. The van der Waals surface area contributed by atoms with Gasteiger partial charge in [-0.15, -0.1) is 0 Å². The number of aromatic amines is 1. The highest BCUT2D eigenvalue weighted by Gasteiger charge is 2.20. The van der Waals surface area contributed by atoms with Gasteiger partial charge in [0.1, 0.15) is 17.1 Å². The average Bonchev–Trinajstić information content (AvgIpc) is 3.34. The minimum absolute atomic E-state index is 0.0989. The number of amides is 1. The van der Waals surface area contributed by atoms with Gasteiger partial charge in [0.15, 0.2) is 5.65 Å². The van der Waals surface area contributed by atoms with Gasteiger partial charge >= 0.3 is 6.61 Å². The van der Waals surface area contributed by atoms with Gasteiger partial charge < -0.3 is 14.8 Å². The summed E-state index contributed by atoms with van der Waals surface area (Å²) in [4.78, 5) is 16.9. The molecule has 0 unspecified atom stereocenters. The fraction of sp³-hybridized carbons (Fsp3) is 0.111. The van der Waals surface area contributed by atoms with Crippen molar-refractivity contribution in [3.63, 3.8) is 0 Å². The molecule has 0 saturated heterocycles. The minimum Gasteiger partial charge on any atom is -0.497 e. The Hall–Kier alpha value is -4.02. The highest BCUT2D eigenvalue weighted by atomic mass is 19.3. The lowest BCUT2D eigenvalue weighted by atomic mass is 10.1. The third kappa shape index (κ3) is 3.57. The van der Waals surface area contributed by atoms with Crippen molar-refractivity contribution in [2.45, 2.75) is 6.61 Å². The summed E-state index contributed by atoms with van der Waals surface area (Å²) in [5.74, 6) is -0.168.